The zero-order valence-electron chi connectivity index (χ0n) is 17.1. The van der Waals surface area contributed by atoms with Crippen LogP contribution < -0.4 is 0 Å². The van der Waals surface area contributed by atoms with Crippen LogP contribution in [0.2, 0.25) is 0 Å². The van der Waals surface area contributed by atoms with Crippen LogP contribution in [0.5, 0.6) is 0 Å². The highest BCUT2D eigenvalue weighted by Crippen LogP contribution is 2.47. The van der Waals surface area contributed by atoms with Gasteiger partial charge in [0.25, 0.3) is 0 Å². The third kappa shape index (κ3) is 4.31. The van der Waals surface area contributed by atoms with Gasteiger partial charge in [-0.1, -0.05) is 100 Å². The van der Waals surface area contributed by atoms with Crippen molar-refractivity contribution < 1.29 is 0 Å². The first-order valence-corrected chi connectivity index (χ1v) is 11.6. The second kappa shape index (κ2) is 9.09. The van der Waals surface area contributed by atoms with Gasteiger partial charge in [0.2, 0.25) is 0 Å². The van der Waals surface area contributed by atoms with Crippen LogP contribution in [0.1, 0.15) is 118 Å². The maximum atomic E-state index is 2.45. The van der Waals surface area contributed by atoms with Crippen molar-refractivity contribution in [2.75, 3.05) is 0 Å². The van der Waals surface area contributed by atoms with Crippen LogP contribution in [0.25, 0.3) is 0 Å². The first-order chi connectivity index (χ1) is 13.4. The molecule has 4 rings (SSSR count). The van der Waals surface area contributed by atoms with Gasteiger partial charge in [0, 0.05) is 5.92 Å². The zero-order chi connectivity index (χ0) is 18.5. The first kappa shape index (κ1) is 18.8. The lowest BCUT2D eigenvalue weighted by Crippen LogP contribution is -2.05. The Hall–Kier alpha value is -1.56. The van der Waals surface area contributed by atoms with Crippen LogP contribution in [0.3, 0.4) is 0 Å². The van der Waals surface area contributed by atoms with Crippen LogP contribution in [0.4, 0.5) is 0 Å². The third-order valence-corrected chi connectivity index (χ3v) is 7.15. The average Bonchev–Trinajstić information content (AvgIpc) is 3.11. The van der Waals surface area contributed by atoms with Gasteiger partial charge in [-0.05, 0) is 59.8 Å². The van der Waals surface area contributed by atoms with E-state index in [2.05, 4.69) is 55.5 Å². The standard InChI is InChI=1S/C27H36/c1-2-3-4-6-13-24-20-27(26-15-10-9-14-25(24)26)23-18-16-22(17-19-23)21-11-7-5-8-12-21/h9-10,14-19,21,24,27H,2-8,11-13,20H2,1H3. The summed E-state index contributed by atoms with van der Waals surface area (Å²) in [6, 6.07) is 19.1. The van der Waals surface area contributed by atoms with Crippen LogP contribution in [0, 0.1) is 0 Å². The molecule has 0 radical (unpaired) electrons. The molecule has 0 heterocycles. The van der Waals surface area contributed by atoms with Crippen molar-refractivity contribution >= 4 is 0 Å². The fourth-order valence-corrected chi connectivity index (χ4v) is 5.58. The Bertz CT molecular complexity index is 705. The molecule has 0 saturated heterocycles. The molecule has 2 aromatic rings. The maximum absolute atomic E-state index is 2.45. The van der Waals surface area contributed by atoms with Gasteiger partial charge in [-0.25, -0.2) is 0 Å². The Morgan fingerprint density at radius 1 is 0.741 bits per heavy atom. The van der Waals surface area contributed by atoms with Crippen molar-refractivity contribution in [2.24, 2.45) is 0 Å². The summed E-state index contributed by atoms with van der Waals surface area (Å²) >= 11 is 0. The molecule has 0 heteroatoms. The van der Waals surface area contributed by atoms with Crippen molar-refractivity contribution in [3.05, 3.63) is 70.8 Å². The molecule has 2 unspecified atom stereocenters. The number of fused-ring (bicyclic) bond motifs is 1. The van der Waals surface area contributed by atoms with E-state index in [1.807, 2.05) is 0 Å². The lowest BCUT2D eigenvalue weighted by atomic mass is 9.83. The summed E-state index contributed by atoms with van der Waals surface area (Å²) in [4.78, 5) is 0. The van der Waals surface area contributed by atoms with E-state index >= 15 is 0 Å². The van der Waals surface area contributed by atoms with E-state index in [4.69, 9.17) is 0 Å². The van der Waals surface area contributed by atoms with E-state index in [0.29, 0.717) is 5.92 Å². The van der Waals surface area contributed by atoms with Crippen molar-refractivity contribution in [3.63, 3.8) is 0 Å². The van der Waals surface area contributed by atoms with E-state index in [9.17, 15) is 0 Å². The highest BCUT2D eigenvalue weighted by molar-refractivity contribution is 5.45. The molecule has 1 saturated carbocycles. The summed E-state index contributed by atoms with van der Waals surface area (Å²) < 4.78 is 0. The van der Waals surface area contributed by atoms with E-state index in [1.54, 1.807) is 16.7 Å². The maximum Gasteiger partial charge on any atom is 0.00979 e. The fourth-order valence-electron chi connectivity index (χ4n) is 5.58. The smallest absolute Gasteiger partial charge is 0.00979 e. The average molecular weight is 361 g/mol. The topological polar surface area (TPSA) is 0 Å². The molecular formula is C27H36. The molecule has 0 amide bonds. The lowest BCUT2D eigenvalue weighted by Gasteiger charge is -2.22. The van der Waals surface area contributed by atoms with Crippen LogP contribution >= 0.6 is 0 Å². The summed E-state index contributed by atoms with van der Waals surface area (Å²) in [7, 11) is 0. The molecule has 2 aliphatic rings. The number of hydrogen-bond acceptors (Lipinski definition) is 0. The molecule has 0 nitrogen and oxygen atoms in total. The molecule has 27 heavy (non-hydrogen) atoms. The van der Waals surface area contributed by atoms with Crippen molar-refractivity contribution in [2.45, 2.75) is 95.3 Å². The second-order valence-electron chi connectivity index (χ2n) is 8.97. The Morgan fingerprint density at radius 2 is 1.44 bits per heavy atom. The summed E-state index contributed by atoms with van der Waals surface area (Å²) in [5, 5.41) is 0. The first-order valence-electron chi connectivity index (χ1n) is 11.6. The van der Waals surface area contributed by atoms with Crippen molar-refractivity contribution in [1.82, 2.24) is 0 Å². The predicted octanol–water partition coefficient (Wildman–Crippen LogP) is 8.32. The monoisotopic (exact) mass is 360 g/mol. The largest absolute Gasteiger partial charge is 0.0654 e. The molecule has 2 aliphatic carbocycles. The quantitative estimate of drug-likeness (QED) is 0.435. The summed E-state index contributed by atoms with van der Waals surface area (Å²) in [5.41, 5.74) is 6.36. The highest BCUT2D eigenvalue weighted by Gasteiger charge is 2.31. The van der Waals surface area contributed by atoms with Gasteiger partial charge in [0.15, 0.2) is 0 Å². The number of unbranched alkanes of at least 4 members (excludes halogenated alkanes) is 3. The summed E-state index contributed by atoms with van der Waals surface area (Å²) in [6.45, 7) is 2.30. The molecule has 2 aromatic carbocycles. The molecule has 0 aromatic heterocycles. The summed E-state index contributed by atoms with van der Waals surface area (Å²) in [6.07, 6.45) is 15.3. The third-order valence-electron chi connectivity index (χ3n) is 7.15. The lowest BCUT2D eigenvalue weighted by molar-refractivity contribution is 0.443. The minimum atomic E-state index is 0.609. The van der Waals surface area contributed by atoms with Crippen molar-refractivity contribution in [1.29, 1.82) is 0 Å². The van der Waals surface area contributed by atoms with Gasteiger partial charge in [0.05, 0.1) is 0 Å². The zero-order valence-corrected chi connectivity index (χ0v) is 17.1. The highest BCUT2D eigenvalue weighted by atomic mass is 14.3. The van der Waals surface area contributed by atoms with Crippen molar-refractivity contribution in [3.8, 4) is 0 Å². The normalized spacial score (nSPS) is 22.7. The Balaban J connectivity index is 1.48. The van der Waals surface area contributed by atoms with Gasteiger partial charge in [-0.2, -0.15) is 0 Å². The minimum absolute atomic E-state index is 0.609. The number of benzene rings is 2. The Morgan fingerprint density at radius 3 is 2.19 bits per heavy atom. The molecule has 0 spiro atoms. The van der Waals surface area contributed by atoms with Gasteiger partial charge in [0.1, 0.15) is 0 Å². The molecule has 1 fully saturated rings. The van der Waals surface area contributed by atoms with Gasteiger partial charge < -0.3 is 0 Å². The van der Waals surface area contributed by atoms with Gasteiger partial charge in [-0.15, -0.1) is 0 Å². The molecule has 2 atom stereocenters. The van der Waals surface area contributed by atoms with E-state index in [0.717, 1.165) is 11.8 Å². The molecule has 0 aliphatic heterocycles. The van der Waals surface area contributed by atoms with E-state index in [-0.39, 0.29) is 0 Å². The number of rotatable bonds is 7. The van der Waals surface area contributed by atoms with Gasteiger partial charge in [-0.3, -0.25) is 0 Å². The fraction of sp³-hybridized carbons (Fsp3) is 0.556. The predicted molar refractivity (Wildman–Crippen MR) is 117 cm³/mol. The molecule has 144 valence electrons. The van der Waals surface area contributed by atoms with Crippen LogP contribution in [0.15, 0.2) is 48.5 Å². The van der Waals surface area contributed by atoms with Gasteiger partial charge >= 0.3 is 0 Å². The number of hydrogen-bond donors (Lipinski definition) is 0. The van der Waals surface area contributed by atoms with Crippen LogP contribution in [-0.2, 0) is 0 Å². The summed E-state index contributed by atoms with van der Waals surface area (Å²) in [5.74, 6) is 2.19. The molecule has 0 N–H and O–H groups in total. The van der Waals surface area contributed by atoms with Crippen LogP contribution in [-0.4, -0.2) is 0 Å². The second-order valence-corrected chi connectivity index (χ2v) is 8.97. The minimum Gasteiger partial charge on any atom is -0.0654 e. The van der Waals surface area contributed by atoms with E-state index in [1.165, 1.54) is 76.2 Å². The SMILES string of the molecule is CCCCCCC1CC(c2ccc(C3CCCCC3)cc2)c2ccccc21. The Kier molecular flexibility index (Phi) is 6.32. The Labute approximate surface area is 166 Å². The molecular weight excluding hydrogens is 324 g/mol. The molecule has 0 bridgehead atoms. The van der Waals surface area contributed by atoms with E-state index < -0.39 is 0 Å².